The Morgan fingerprint density at radius 3 is 0.966 bits per heavy atom. The van der Waals surface area contributed by atoms with Crippen LogP contribution in [0, 0.1) is 0 Å². The molecule has 0 amide bonds. The maximum absolute atomic E-state index is 12.7. The quantitative estimate of drug-likeness (QED) is 0.0265. The van der Waals surface area contributed by atoms with E-state index in [1.165, 1.54) is 0 Å². The van der Waals surface area contributed by atoms with Gasteiger partial charge in [-0.1, -0.05) is 162 Å². The Morgan fingerprint density at radius 2 is 0.610 bits per heavy atom. The lowest BCUT2D eigenvalue weighted by molar-refractivity contribution is -0.167. The average Bonchev–Trinajstić information content (AvgIpc) is 3.23. The molecule has 332 valence electrons. The van der Waals surface area contributed by atoms with E-state index in [4.69, 9.17) is 14.2 Å². The molecular formula is C53H84O6. The highest BCUT2D eigenvalue weighted by Gasteiger charge is 2.19. The molecule has 0 spiro atoms. The lowest BCUT2D eigenvalue weighted by atomic mass is 10.1. The minimum atomic E-state index is -0.813. The summed E-state index contributed by atoms with van der Waals surface area (Å²) in [6, 6.07) is 0. The van der Waals surface area contributed by atoms with Crippen LogP contribution in [0.3, 0.4) is 0 Å². The molecule has 0 aliphatic carbocycles. The first-order valence-electron chi connectivity index (χ1n) is 23.4. The second-order valence-electron chi connectivity index (χ2n) is 14.9. The predicted molar refractivity (Wildman–Crippen MR) is 251 cm³/mol. The number of rotatable bonds is 40. The first-order chi connectivity index (χ1) is 29.0. The molecule has 0 aliphatic rings. The van der Waals surface area contributed by atoms with Gasteiger partial charge in [-0.15, -0.1) is 0 Å². The number of carbonyl (C=O) groups excluding carboxylic acids is 3. The Balaban J connectivity index is 4.52. The molecule has 0 N–H and O–H groups in total. The first kappa shape index (κ1) is 55.1. The highest BCUT2D eigenvalue weighted by Crippen LogP contribution is 2.12. The van der Waals surface area contributed by atoms with Crippen molar-refractivity contribution in [3.05, 3.63) is 109 Å². The fraction of sp³-hybridized carbons (Fsp3) is 0.604. The molecule has 0 radical (unpaired) electrons. The van der Waals surface area contributed by atoms with Gasteiger partial charge in [0.25, 0.3) is 0 Å². The number of carbonyl (C=O) groups is 3. The monoisotopic (exact) mass is 817 g/mol. The fourth-order valence-corrected chi connectivity index (χ4v) is 5.84. The van der Waals surface area contributed by atoms with Crippen LogP contribution in [0.1, 0.15) is 188 Å². The minimum Gasteiger partial charge on any atom is -0.462 e. The van der Waals surface area contributed by atoms with Crippen molar-refractivity contribution >= 4 is 17.9 Å². The number of ether oxygens (including phenoxy) is 3. The summed E-state index contributed by atoms with van der Waals surface area (Å²) in [6.45, 7) is 6.20. The summed E-state index contributed by atoms with van der Waals surface area (Å²) < 4.78 is 16.7. The minimum absolute atomic E-state index is 0.111. The van der Waals surface area contributed by atoms with Gasteiger partial charge in [0.05, 0.1) is 0 Å². The van der Waals surface area contributed by atoms with E-state index < -0.39 is 6.10 Å². The Morgan fingerprint density at radius 1 is 0.339 bits per heavy atom. The third-order valence-electron chi connectivity index (χ3n) is 9.25. The van der Waals surface area contributed by atoms with Crippen molar-refractivity contribution in [1.82, 2.24) is 0 Å². The van der Waals surface area contributed by atoms with Crippen LogP contribution in [-0.2, 0) is 28.6 Å². The fourth-order valence-electron chi connectivity index (χ4n) is 5.84. The summed E-state index contributed by atoms with van der Waals surface area (Å²) in [5, 5.41) is 0. The number of esters is 3. The van der Waals surface area contributed by atoms with Crippen LogP contribution < -0.4 is 0 Å². The van der Waals surface area contributed by atoms with Crippen LogP contribution in [0.15, 0.2) is 109 Å². The second-order valence-corrected chi connectivity index (χ2v) is 14.9. The molecule has 6 nitrogen and oxygen atoms in total. The lowest BCUT2D eigenvalue weighted by Gasteiger charge is -2.18. The zero-order valence-electron chi connectivity index (χ0n) is 37.7. The molecule has 0 aromatic heterocycles. The second kappa shape index (κ2) is 46.8. The summed E-state index contributed by atoms with van der Waals surface area (Å²) >= 11 is 0. The van der Waals surface area contributed by atoms with Gasteiger partial charge in [0.1, 0.15) is 13.2 Å². The number of unbranched alkanes of at least 4 members (excludes halogenated alkanes) is 11. The standard InChI is InChI=1S/C53H84O6/c1-4-7-10-13-16-19-22-25-26-29-31-34-37-40-43-46-52(55)58-49-50(59-53(56)47-44-41-38-35-32-28-24-21-18-15-12-9-6-3)48-57-51(54)45-42-39-36-33-30-27-23-20-17-14-11-8-5-2/h7-12,16-21,25-28,30,32,50H,4-6,13-15,22-24,29,31,33-49H2,1-3H3/b10-7-,11-8-,12-9-,19-16-,20-17-,21-18-,26-25-,30-27-,32-28-. The molecule has 0 aliphatic heterocycles. The van der Waals surface area contributed by atoms with Gasteiger partial charge < -0.3 is 14.2 Å². The molecule has 0 rings (SSSR count). The summed E-state index contributed by atoms with van der Waals surface area (Å²) in [5.41, 5.74) is 0. The van der Waals surface area contributed by atoms with Crippen molar-refractivity contribution in [2.75, 3.05) is 13.2 Å². The zero-order valence-corrected chi connectivity index (χ0v) is 37.7. The average molecular weight is 817 g/mol. The molecular weight excluding hydrogens is 733 g/mol. The van der Waals surface area contributed by atoms with Crippen LogP contribution in [0.4, 0.5) is 0 Å². The van der Waals surface area contributed by atoms with E-state index in [0.29, 0.717) is 12.8 Å². The van der Waals surface area contributed by atoms with Gasteiger partial charge in [-0.3, -0.25) is 14.4 Å². The van der Waals surface area contributed by atoms with Crippen molar-refractivity contribution in [1.29, 1.82) is 0 Å². The van der Waals surface area contributed by atoms with Gasteiger partial charge in [0.2, 0.25) is 0 Å². The van der Waals surface area contributed by atoms with Crippen LogP contribution in [-0.4, -0.2) is 37.2 Å². The van der Waals surface area contributed by atoms with E-state index in [1.807, 2.05) is 0 Å². The molecule has 0 aromatic rings. The predicted octanol–water partition coefficient (Wildman–Crippen LogP) is 15.2. The highest BCUT2D eigenvalue weighted by molar-refractivity contribution is 5.71. The van der Waals surface area contributed by atoms with Crippen LogP contribution in [0.2, 0.25) is 0 Å². The normalized spacial score (nSPS) is 13.1. The van der Waals surface area contributed by atoms with E-state index in [-0.39, 0.29) is 37.5 Å². The van der Waals surface area contributed by atoms with Gasteiger partial charge in [0, 0.05) is 19.3 Å². The Hall–Kier alpha value is -3.93. The molecule has 0 bridgehead atoms. The van der Waals surface area contributed by atoms with Crippen molar-refractivity contribution < 1.29 is 28.6 Å². The van der Waals surface area contributed by atoms with Crippen LogP contribution in [0.25, 0.3) is 0 Å². The van der Waals surface area contributed by atoms with E-state index >= 15 is 0 Å². The summed E-state index contributed by atoms with van der Waals surface area (Å²) in [7, 11) is 0. The van der Waals surface area contributed by atoms with Gasteiger partial charge in [0.15, 0.2) is 6.10 Å². The topological polar surface area (TPSA) is 78.9 Å². The SMILES string of the molecule is CC/C=C\C/C=C\C/C=C\CCCCCCCC(=O)OCC(COC(=O)CCCCC/C=C\C/C=C\C/C=C\CC)OC(=O)CCCCC/C=C\C/C=C\C/C=C\CC. The molecule has 1 atom stereocenters. The number of allylic oxidation sites excluding steroid dienone is 18. The summed E-state index contributed by atoms with van der Waals surface area (Å²) in [6.07, 6.45) is 62.1. The Labute approximate surface area is 361 Å². The van der Waals surface area contributed by atoms with E-state index in [2.05, 4.69) is 130 Å². The molecule has 0 fully saturated rings. The molecule has 6 heteroatoms. The maximum Gasteiger partial charge on any atom is 0.306 e. The summed E-state index contributed by atoms with van der Waals surface area (Å²) in [5.74, 6) is -0.998. The number of hydrogen-bond donors (Lipinski definition) is 0. The Bertz CT molecular complexity index is 1260. The van der Waals surface area contributed by atoms with Gasteiger partial charge >= 0.3 is 17.9 Å². The maximum atomic E-state index is 12.7. The Kier molecular flexibility index (Phi) is 43.6. The molecule has 59 heavy (non-hydrogen) atoms. The molecule has 0 aromatic carbocycles. The smallest absolute Gasteiger partial charge is 0.306 e. The highest BCUT2D eigenvalue weighted by atomic mass is 16.6. The van der Waals surface area contributed by atoms with Gasteiger partial charge in [-0.25, -0.2) is 0 Å². The van der Waals surface area contributed by atoms with Crippen molar-refractivity contribution in [2.24, 2.45) is 0 Å². The molecule has 0 saturated heterocycles. The number of hydrogen-bond acceptors (Lipinski definition) is 6. The van der Waals surface area contributed by atoms with E-state index in [9.17, 15) is 14.4 Å². The van der Waals surface area contributed by atoms with Crippen LogP contribution in [0.5, 0.6) is 0 Å². The van der Waals surface area contributed by atoms with E-state index in [1.54, 1.807) is 0 Å². The zero-order chi connectivity index (χ0) is 43.0. The third kappa shape index (κ3) is 45.0. The van der Waals surface area contributed by atoms with E-state index in [0.717, 1.165) is 148 Å². The van der Waals surface area contributed by atoms with Crippen molar-refractivity contribution in [3.8, 4) is 0 Å². The van der Waals surface area contributed by atoms with Gasteiger partial charge in [-0.05, 0) is 116 Å². The molecule has 0 saturated carbocycles. The molecule has 1 unspecified atom stereocenters. The lowest BCUT2D eigenvalue weighted by Crippen LogP contribution is -2.30. The van der Waals surface area contributed by atoms with Gasteiger partial charge in [-0.2, -0.15) is 0 Å². The van der Waals surface area contributed by atoms with Crippen LogP contribution >= 0.6 is 0 Å². The van der Waals surface area contributed by atoms with Crippen molar-refractivity contribution in [3.63, 3.8) is 0 Å². The first-order valence-corrected chi connectivity index (χ1v) is 23.4. The third-order valence-corrected chi connectivity index (χ3v) is 9.25. The summed E-state index contributed by atoms with van der Waals surface area (Å²) in [4.78, 5) is 37.8. The van der Waals surface area contributed by atoms with Crippen molar-refractivity contribution in [2.45, 2.75) is 194 Å². The molecule has 0 heterocycles. The largest absolute Gasteiger partial charge is 0.462 e.